The van der Waals surface area contributed by atoms with Gasteiger partial charge >= 0.3 is 0 Å². The van der Waals surface area contributed by atoms with Crippen LogP contribution >= 0.6 is 12.4 Å². The van der Waals surface area contributed by atoms with Crippen molar-refractivity contribution in [2.45, 2.75) is 12.8 Å². The fraction of sp³-hybridized carbons (Fsp3) is 0.368. The summed E-state index contributed by atoms with van der Waals surface area (Å²) < 4.78 is 0. The molecule has 0 aliphatic carbocycles. The van der Waals surface area contributed by atoms with Crippen LogP contribution in [0.4, 0.5) is 0 Å². The van der Waals surface area contributed by atoms with E-state index in [-0.39, 0.29) is 24.1 Å². The summed E-state index contributed by atoms with van der Waals surface area (Å²) in [4.78, 5) is 29.7. The summed E-state index contributed by atoms with van der Waals surface area (Å²) in [6, 6.07) is 8.72. The molecule has 0 saturated carbocycles. The number of benzene rings is 1. The van der Waals surface area contributed by atoms with Crippen LogP contribution in [0, 0.1) is 5.92 Å². The first-order valence-corrected chi connectivity index (χ1v) is 8.40. The van der Waals surface area contributed by atoms with Crippen molar-refractivity contribution in [2.24, 2.45) is 5.92 Å². The number of aromatic nitrogens is 1. The topological polar surface area (TPSA) is 65.2 Å². The van der Waals surface area contributed by atoms with Gasteiger partial charge in [0.25, 0.3) is 5.91 Å². The Labute approximate surface area is 154 Å². The molecule has 3 rings (SSSR count). The molecule has 1 saturated heterocycles. The van der Waals surface area contributed by atoms with Crippen LogP contribution in [-0.4, -0.2) is 48.3 Å². The van der Waals surface area contributed by atoms with Crippen LogP contribution in [0.3, 0.4) is 0 Å². The third-order valence-electron chi connectivity index (χ3n) is 4.65. The Morgan fingerprint density at radius 1 is 1.08 bits per heavy atom. The number of H-pyrrole nitrogens is 1. The Kier molecular flexibility index (Phi) is 6.79. The predicted molar refractivity (Wildman–Crippen MR) is 100 cm³/mol. The lowest BCUT2D eigenvalue weighted by atomic mass is 9.96. The van der Waals surface area contributed by atoms with Gasteiger partial charge in [0, 0.05) is 42.2 Å². The molecule has 2 N–H and O–H groups in total. The molecule has 2 aromatic rings. The van der Waals surface area contributed by atoms with E-state index in [4.69, 9.17) is 0 Å². The number of likely N-dealkylation sites (tertiary alicyclic amines) is 1. The maximum atomic E-state index is 12.6. The molecule has 2 heterocycles. The number of aromatic amines is 1. The lowest BCUT2D eigenvalue weighted by Crippen LogP contribution is -2.40. The van der Waals surface area contributed by atoms with Gasteiger partial charge in [-0.25, -0.2) is 0 Å². The normalized spacial score (nSPS) is 14.8. The van der Waals surface area contributed by atoms with Crippen molar-refractivity contribution in [3.05, 3.63) is 59.4 Å². The number of nitrogens with zero attached hydrogens (tertiary/aromatic N) is 1. The molecular weight excluding hydrogens is 338 g/mol. The van der Waals surface area contributed by atoms with Crippen LogP contribution in [0.2, 0.25) is 0 Å². The number of hydrogen-bond donors (Lipinski definition) is 2. The Morgan fingerprint density at radius 3 is 2.28 bits per heavy atom. The number of hydrogen-bond acceptors (Lipinski definition) is 3. The third kappa shape index (κ3) is 4.50. The van der Waals surface area contributed by atoms with Gasteiger partial charge in [0.15, 0.2) is 5.78 Å². The smallest absolute Gasteiger partial charge is 0.253 e. The van der Waals surface area contributed by atoms with E-state index in [0.717, 1.165) is 32.5 Å². The summed E-state index contributed by atoms with van der Waals surface area (Å²) in [7, 11) is 1.97. The molecule has 1 aromatic heterocycles. The van der Waals surface area contributed by atoms with E-state index in [1.54, 1.807) is 42.7 Å². The fourth-order valence-electron chi connectivity index (χ4n) is 3.21. The lowest BCUT2D eigenvalue weighted by molar-refractivity contribution is 0.0690. The standard InChI is InChI=1S/C19H23N3O2.ClH/c1-20-12-14-7-10-22(11-8-14)19(24)16-4-2-15(3-5-16)18(23)17-6-9-21-13-17;/h2-6,9,13-14,20-21H,7-8,10-12H2,1H3;1H. The van der Waals surface area contributed by atoms with Crippen LogP contribution in [0.25, 0.3) is 0 Å². The Bertz CT molecular complexity index is 690. The molecular formula is C19H24ClN3O2. The quantitative estimate of drug-likeness (QED) is 0.805. The number of carbonyl (C=O) groups excluding carboxylic acids is 2. The summed E-state index contributed by atoms with van der Waals surface area (Å²) in [5.74, 6) is 0.669. The molecule has 1 fully saturated rings. The maximum absolute atomic E-state index is 12.6. The number of amides is 1. The van der Waals surface area contributed by atoms with Gasteiger partial charge in [-0.05, 0) is 50.6 Å². The van der Waals surface area contributed by atoms with Gasteiger partial charge in [-0.2, -0.15) is 0 Å². The first-order chi connectivity index (χ1) is 11.7. The minimum absolute atomic E-state index is 0. The second-order valence-electron chi connectivity index (χ2n) is 6.30. The van der Waals surface area contributed by atoms with E-state index in [0.29, 0.717) is 22.6 Å². The van der Waals surface area contributed by atoms with Gasteiger partial charge in [0.05, 0.1) is 0 Å². The largest absolute Gasteiger partial charge is 0.367 e. The second kappa shape index (κ2) is 8.83. The van der Waals surface area contributed by atoms with Crippen LogP contribution in [0.15, 0.2) is 42.7 Å². The lowest BCUT2D eigenvalue weighted by Gasteiger charge is -2.32. The highest BCUT2D eigenvalue weighted by Gasteiger charge is 2.23. The van der Waals surface area contributed by atoms with Crippen molar-refractivity contribution in [3.8, 4) is 0 Å². The maximum Gasteiger partial charge on any atom is 0.253 e. The summed E-state index contributed by atoms with van der Waals surface area (Å²) in [5, 5.41) is 3.20. The molecule has 0 unspecified atom stereocenters. The van der Waals surface area contributed by atoms with Gasteiger partial charge in [0.2, 0.25) is 0 Å². The molecule has 1 aliphatic rings. The molecule has 0 atom stereocenters. The van der Waals surface area contributed by atoms with E-state index >= 15 is 0 Å². The molecule has 25 heavy (non-hydrogen) atoms. The minimum atomic E-state index is -0.0388. The first-order valence-electron chi connectivity index (χ1n) is 8.40. The monoisotopic (exact) mass is 361 g/mol. The van der Waals surface area contributed by atoms with Crippen molar-refractivity contribution in [1.29, 1.82) is 0 Å². The van der Waals surface area contributed by atoms with Crippen LogP contribution in [0.1, 0.15) is 39.1 Å². The number of carbonyl (C=O) groups is 2. The van der Waals surface area contributed by atoms with E-state index in [1.807, 2.05) is 11.9 Å². The molecule has 0 spiro atoms. The van der Waals surface area contributed by atoms with E-state index in [2.05, 4.69) is 10.3 Å². The molecule has 1 aliphatic heterocycles. The Balaban J connectivity index is 0.00000225. The van der Waals surface area contributed by atoms with Gasteiger partial charge in [-0.3, -0.25) is 9.59 Å². The zero-order valence-electron chi connectivity index (χ0n) is 14.3. The first kappa shape index (κ1) is 19.2. The van der Waals surface area contributed by atoms with Crippen molar-refractivity contribution in [1.82, 2.24) is 15.2 Å². The highest BCUT2D eigenvalue weighted by molar-refractivity contribution is 6.09. The van der Waals surface area contributed by atoms with Gasteiger partial charge < -0.3 is 15.2 Å². The van der Waals surface area contributed by atoms with Crippen molar-refractivity contribution in [3.63, 3.8) is 0 Å². The number of halogens is 1. The average Bonchev–Trinajstić information content (AvgIpc) is 3.16. The summed E-state index contributed by atoms with van der Waals surface area (Å²) >= 11 is 0. The summed E-state index contributed by atoms with van der Waals surface area (Å²) in [6.07, 6.45) is 5.48. The fourth-order valence-corrected chi connectivity index (χ4v) is 3.21. The number of rotatable bonds is 5. The molecule has 134 valence electrons. The van der Waals surface area contributed by atoms with Crippen LogP contribution < -0.4 is 5.32 Å². The number of nitrogens with one attached hydrogen (secondary N) is 2. The van der Waals surface area contributed by atoms with E-state index < -0.39 is 0 Å². The molecule has 6 heteroatoms. The van der Waals surface area contributed by atoms with Crippen LogP contribution in [0.5, 0.6) is 0 Å². The highest BCUT2D eigenvalue weighted by Crippen LogP contribution is 2.19. The van der Waals surface area contributed by atoms with Crippen molar-refractivity contribution < 1.29 is 9.59 Å². The van der Waals surface area contributed by atoms with Gasteiger partial charge in [-0.1, -0.05) is 12.1 Å². The molecule has 1 aromatic carbocycles. The predicted octanol–water partition coefficient (Wildman–Crippen LogP) is 2.74. The molecule has 5 nitrogen and oxygen atoms in total. The Hall–Kier alpha value is -2.11. The average molecular weight is 362 g/mol. The molecule has 0 bridgehead atoms. The zero-order chi connectivity index (χ0) is 16.9. The van der Waals surface area contributed by atoms with Gasteiger partial charge in [-0.15, -0.1) is 12.4 Å². The van der Waals surface area contributed by atoms with Crippen molar-refractivity contribution >= 4 is 24.1 Å². The highest BCUT2D eigenvalue weighted by atomic mass is 35.5. The number of ketones is 1. The zero-order valence-corrected chi connectivity index (χ0v) is 15.1. The third-order valence-corrected chi connectivity index (χ3v) is 4.65. The molecule has 1 amide bonds. The van der Waals surface area contributed by atoms with Crippen LogP contribution in [-0.2, 0) is 0 Å². The summed E-state index contributed by atoms with van der Waals surface area (Å²) in [5.41, 5.74) is 1.87. The number of piperidine rings is 1. The SMILES string of the molecule is CNCC1CCN(C(=O)c2ccc(C(=O)c3cc[nH]c3)cc2)CC1.Cl. The van der Waals surface area contributed by atoms with E-state index in [1.165, 1.54) is 0 Å². The summed E-state index contributed by atoms with van der Waals surface area (Å²) in [6.45, 7) is 2.61. The van der Waals surface area contributed by atoms with Gasteiger partial charge in [0.1, 0.15) is 0 Å². The Morgan fingerprint density at radius 2 is 1.72 bits per heavy atom. The van der Waals surface area contributed by atoms with Crippen molar-refractivity contribution in [2.75, 3.05) is 26.7 Å². The minimum Gasteiger partial charge on any atom is -0.367 e. The van der Waals surface area contributed by atoms with E-state index in [9.17, 15) is 9.59 Å². The second-order valence-corrected chi connectivity index (χ2v) is 6.30. The molecule has 0 radical (unpaired) electrons.